The van der Waals surface area contributed by atoms with Gasteiger partial charge < -0.3 is 20.3 Å². The number of carbonyl (C=O) groups is 1. The molecule has 4 N–H and O–H groups in total. The van der Waals surface area contributed by atoms with Crippen molar-refractivity contribution in [2.75, 3.05) is 29.2 Å². The lowest BCUT2D eigenvalue weighted by molar-refractivity contribution is -0.120. The summed E-state index contributed by atoms with van der Waals surface area (Å²) in [7, 11) is -2.13. The highest BCUT2D eigenvalue weighted by Gasteiger charge is 2.22. The second-order valence-corrected chi connectivity index (χ2v) is 8.53. The molecule has 4 rings (SSSR count). The molecule has 3 aromatic rings. The Labute approximate surface area is 179 Å². The zero-order chi connectivity index (χ0) is 22.2. The molecule has 0 saturated heterocycles. The smallest absolute Gasteiger partial charge is 0.264 e. The van der Waals surface area contributed by atoms with Gasteiger partial charge >= 0.3 is 0 Å². The van der Waals surface area contributed by atoms with Crippen molar-refractivity contribution in [3.05, 3.63) is 54.2 Å². The maximum Gasteiger partial charge on any atom is 0.264 e. The third-order valence-corrected chi connectivity index (χ3v) is 5.61. The molecule has 1 aliphatic rings. The zero-order valence-electron chi connectivity index (χ0n) is 16.8. The number of amides is 1. The molecular formula is C20H20N6O4S. The molecule has 0 aliphatic carbocycles. The van der Waals surface area contributed by atoms with E-state index in [0.717, 1.165) is 5.56 Å². The average molecular weight is 440 g/mol. The maximum atomic E-state index is 11.9. The fraction of sp³-hybridized carbons (Fsp3) is 0.150. The minimum Gasteiger partial charge on any atom is -0.482 e. The first-order chi connectivity index (χ1) is 14.7. The fourth-order valence-corrected chi connectivity index (χ4v) is 3.55. The predicted octanol–water partition coefficient (Wildman–Crippen LogP) is 2.27. The number of hydrogen-bond acceptors (Lipinski definition) is 8. The topological polar surface area (TPSA) is 140 Å². The molecule has 0 radical (unpaired) electrons. The third kappa shape index (κ3) is 4.42. The normalized spacial score (nSPS) is 13.4. The number of primary sulfonamides is 1. The second kappa shape index (κ2) is 7.85. The van der Waals surface area contributed by atoms with E-state index in [1.807, 2.05) is 13.0 Å². The standard InChI is InChI=1S/C20H20N6O4S/c1-12-10-22-20(24-13-4-3-5-15(8-13)31(21,28)29)25-19(12)23-14-6-7-17-16(9-14)26(2)18(27)11-30-17/h3-10H,11H2,1-2H3,(H2,21,28,29)(H2,22,23,24,25). The van der Waals surface area contributed by atoms with Crippen LogP contribution in [0.3, 0.4) is 0 Å². The van der Waals surface area contributed by atoms with E-state index in [0.29, 0.717) is 28.6 Å². The molecule has 10 nitrogen and oxygen atoms in total. The third-order valence-electron chi connectivity index (χ3n) is 4.70. The molecular weight excluding hydrogens is 420 g/mol. The van der Waals surface area contributed by atoms with E-state index in [4.69, 9.17) is 9.88 Å². The van der Waals surface area contributed by atoms with Gasteiger partial charge in [-0.25, -0.2) is 18.5 Å². The van der Waals surface area contributed by atoms with Crippen LogP contribution in [0.4, 0.5) is 28.8 Å². The van der Waals surface area contributed by atoms with Crippen LogP contribution in [0, 0.1) is 6.92 Å². The predicted molar refractivity (Wildman–Crippen MR) is 116 cm³/mol. The molecule has 1 aromatic heterocycles. The quantitative estimate of drug-likeness (QED) is 0.549. The van der Waals surface area contributed by atoms with Gasteiger partial charge in [-0.3, -0.25) is 4.79 Å². The van der Waals surface area contributed by atoms with Gasteiger partial charge in [-0.2, -0.15) is 4.98 Å². The number of benzene rings is 2. The molecule has 2 heterocycles. The minimum absolute atomic E-state index is 0.0158. The van der Waals surface area contributed by atoms with Crippen molar-refractivity contribution in [2.45, 2.75) is 11.8 Å². The van der Waals surface area contributed by atoms with E-state index < -0.39 is 10.0 Å². The van der Waals surface area contributed by atoms with Crippen molar-refractivity contribution in [1.82, 2.24) is 9.97 Å². The van der Waals surface area contributed by atoms with Gasteiger partial charge in [0.25, 0.3) is 5.91 Å². The van der Waals surface area contributed by atoms with Gasteiger partial charge in [-0.15, -0.1) is 0 Å². The van der Waals surface area contributed by atoms with Crippen LogP contribution < -0.4 is 25.4 Å². The summed E-state index contributed by atoms with van der Waals surface area (Å²) < 4.78 is 28.6. The van der Waals surface area contributed by atoms with Crippen molar-refractivity contribution >= 4 is 44.8 Å². The first-order valence-corrected chi connectivity index (χ1v) is 10.8. The molecule has 1 amide bonds. The Balaban J connectivity index is 1.59. The molecule has 0 bridgehead atoms. The average Bonchev–Trinajstić information content (AvgIpc) is 2.73. The van der Waals surface area contributed by atoms with Crippen LogP contribution in [0.15, 0.2) is 53.6 Å². The van der Waals surface area contributed by atoms with Gasteiger partial charge in [0, 0.05) is 30.2 Å². The van der Waals surface area contributed by atoms with Crippen LogP contribution in [0.5, 0.6) is 5.75 Å². The molecule has 11 heteroatoms. The highest BCUT2D eigenvalue weighted by molar-refractivity contribution is 7.89. The number of aryl methyl sites for hydroxylation is 1. The molecule has 0 atom stereocenters. The van der Waals surface area contributed by atoms with Crippen LogP contribution >= 0.6 is 0 Å². The molecule has 160 valence electrons. The Bertz CT molecular complexity index is 1280. The first kappa shape index (κ1) is 20.6. The monoisotopic (exact) mass is 440 g/mol. The zero-order valence-corrected chi connectivity index (χ0v) is 17.6. The molecule has 2 aromatic carbocycles. The number of carbonyl (C=O) groups excluding carboxylic acids is 1. The number of nitrogens with two attached hydrogens (primary N) is 1. The van der Waals surface area contributed by atoms with E-state index >= 15 is 0 Å². The summed E-state index contributed by atoms with van der Waals surface area (Å²) in [5.41, 5.74) is 2.65. The molecule has 0 fully saturated rings. The Kier molecular flexibility index (Phi) is 5.21. The van der Waals surface area contributed by atoms with Crippen molar-refractivity contribution in [2.24, 2.45) is 5.14 Å². The number of anilines is 5. The summed E-state index contributed by atoms with van der Waals surface area (Å²) in [6, 6.07) is 11.5. The molecule has 0 saturated carbocycles. The van der Waals surface area contributed by atoms with Crippen molar-refractivity contribution < 1.29 is 17.9 Å². The van der Waals surface area contributed by atoms with E-state index in [1.54, 1.807) is 42.4 Å². The van der Waals surface area contributed by atoms with Crippen LogP contribution in [0.2, 0.25) is 0 Å². The largest absolute Gasteiger partial charge is 0.482 e. The lowest BCUT2D eigenvalue weighted by Crippen LogP contribution is -2.35. The number of rotatable bonds is 5. The minimum atomic E-state index is -3.82. The fourth-order valence-electron chi connectivity index (χ4n) is 3.00. The van der Waals surface area contributed by atoms with E-state index in [1.165, 1.54) is 12.1 Å². The second-order valence-electron chi connectivity index (χ2n) is 6.97. The molecule has 31 heavy (non-hydrogen) atoms. The number of nitrogens with zero attached hydrogens (tertiary/aromatic N) is 3. The van der Waals surface area contributed by atoms with Crippen LogP contribution in [-0.4, -0.2) is 37.9 Å². The first-order valence-electron chi connectivity index (χ1n) is 9.25. The van der Waals surface area contributed by atoms with Crippen LogP contribution in [0.1, 0.15) is 5.56 Å². The number of fused-ring (bicyclic) bond motifs is 1. The number of nitrogens with one attached hydrogen (secondary N) is 2. The number of aromatic nitrogens is 2. The summed E-state index contributed by atoms with van der Waals surface area (Å²) in [4.78, 5) is 22.1. The number of ether oxygens (including phenoxy) is 1. The van der Waals surface area contributed by atoms with Gasteiger partial charge in [-0.1, -0.05) is 6.07 Å². The Morgan fingerprint density at radius 1 is 1.13 bits per heavy atom. The van der Waals surface area contributed by atoms with Crippen LogP contribution in [-0.2, 0) is 14.8 Å². The molecule has 0 unspecified atom stereocenters. The Hall–Kier alpha value is -3.70. The molecule has 1 aliphatic heterocycles. The van der Waals surface area contributed by atoms with Gasteiger partial charge in [-0.05, 0) is 43.3 Å². The highest BCUT2D eigenvalue weighted by atomic mass is 32.2. The van der Waals surface area contributed by atoms with Gasteiger partial charge in [0.05, 0.1) is 10.6 Å². The highest BCUT2D eigenvalue weighted by Crippen LogP contribution is 2.34. The number of hydrogen-bond donors (Lipinski definition) is 3. The van der Waals surface area contributed by atoms with Gasteiger partial charge in [0.1, 0.15) is 11.6 Å². The lowest BCUT2D eigenvalue weighted by atomic mass is 10.2. The van der Waals surface area contributed by atoms with Gasteiger partial charge in [0.15, 0.2) is 6.61 Å². The number of likely N-dealkylation sites (N-methyl/N-ethyl adjacent to an activating group) is 1. The summed E-state index contributed by atoms with van der Waals surface area (Å²) in [6.45, 7) is 1.87. The number of sulfonamides is 1. The Morgan fingerprint density at radius 3 is 2.68 bits per heavy atom. The lowest BCUT2D eigenvalue weighted by Gasteiger charge is -2.26. The van der Waals surface area contributed by atoms with Crippen LogP contribution in [0.25, 0.3) is 0 Å². The molecule has 0 spiro atoms. The van der Waals surface area contributed by atoms with Crippen molar-refractivity contribution in [3.8, 4) is 5.75 Å². The summed E-state index contributed by atoms with van der Waals surface area (Å²) in [5.74, 6) is 1.32. The summed E-state index contributed by atoms with van der Waals surface area (Å²) in [6.07, 6.45) is 1.64. The maximum absolute atomic E-state index is 11.9. The SMILES string of the molecule is Cc1cnc(Nc2cccc(S(N)(=O)=O)c2)nc1Nc1ccc2c(c1)N(C)C(=O)CO2. The van der Waals surface area contributed by atoms with E-state index in [-0.39, 0.29) is 23.4 Å². The van der Waals surface area contributed by atoms with E-state index in [2.05, 4.69) is 20.6 Å². The van der Waals surface area contributed by atoms with E-state index in [9.17, 15) is 13.2 Å². The summed E-state index contributed by atoms with van der Waals surface area (Å²) in [5, 5.41) is 11.4. The summed E-state index contributed by atoms with van der Waals surface area (Å²) >= 11 is 0. The Morgan fingerprint density at radius 2 is 1.90 bits per heavy atom. The van der Waals surface area contributed by atoms with Crippen molar-refractivity contribution in [1.29, 1.82) is 0 Å². The van der Waals surface area contributed by atoms with Gasteiger partial charge in [0.2, 0.25) is 16.0 Å². The van der Waals surface area contributed by atoms with Crippen molar-refractivity contribution in [3.63, 3.8) is 0 Å².